The second kappa shape index (κ2) is 7.34. The SMILES string of the molecule is COc1cc(COc2ccc3c(c2)CN(c2ccc(=O)n(C)n2)C3=O)ncc1F. The molecule has 29 heavy (non-hydrogen) atoms. The Bertz CT molecular complexity index is 1160. The summed E-state index contributed by atoms with van der Waals surface area (Å²) >= 11 is 0. The van der Waals surface area contributed by atoms with Gasteiger partial charge in [0.1, 0.15) is 12.4 Å². The van der Waals surface area contributed by atoms with E-state index in [2.05, 4.69) is 10.1 Å². The maximum atomic E-state index is 13.5. The summed E-state index contributed by atoms with van der Waals surface area (Å²) in [5.74, 6) is 0.316. The van der Waals surface area contributed by atoms with Gasteiger partial charge in [-0.3, -0.25) is 19.5 Å². The Labute approximate surface area is 165 Å². The average molecular weight is 396 g/mol. The molecule has 9 heteroatoms. The van der Waals surface area contributed by atoms with Gasteiger partial charge in [0.05, 0.1) is 25.5 Å². The predicted octanol–water partition coefficient (Wildman–Crippen LogP) is 2.06. The van der Waals surface area contributed by atoms with Gasteiger partial charge < -0.3 is 9.47 Å². The van der Waals surface area contributed by atoms with E-state index in [0.29, 0.717) is 29.4 Å². The first kappa shape index (κ1) is 18.6. The van der Waals surface area contributed by atoms with Crippen molar-refractivity contribution in [2.24, 2.45) is 7.05 Å². The van der Waals surface area contributed by atoms with Gasteiger partial charge >= 0.3 is 0 Å². The number of ether oxygens (including phenoxy) is 2. The maximum Gasteiger partial charge on any atom is 0.266 e. The number of hydrogen-bond donors (Lipinski definition) is 0. The summed E-state index contributed by atoms with van der Waals surface area (Å²) in [6.07, 6.45) is 1.08. The zero-order valence-corrected chi connectivity index (χ0v) is 15.8. The van der Waals surface area contributed by atoms with Crippen molar-refractivity contribution in [3.05, 3.63) is 75.6 Å². The van der Waals surface area contributed by atoms with E-state index in [-0.39, 0.29) is 23.8 Å². The molecule has 0 aliphatic carbocycles. The van der Waals surface area contributed by atoms with Crippen molar-refractivity contribution in [2.45, 2.75) is 13.2 Å². The maximum absolute atomic E-state index is 13.5. The Morgan fingerprint density at radius 3 is 2.76 bits per heavy atom. The molecule has 3 heterocycles. The van der Waals surface area contributed by atoms with Crippen LogP contribution in [0, 0.1) is 5.82 Å². The fraction of sp³-hybridized carbons (Fsp3) is 0.200. The first-order chi connectivity index (χ1) is 14.0. The number of halogens is 1. The van der Waals surface area contributed by atoms with E-state index in [9.17, 15) is 14.0 Å². The smallest absolute Gasteiger partial charge is 0.266 e. The molecule has 148 valence electrons. The van der Waals surface area contributed by atoms with Crippen molar-refractivity contribution >= 4 is 11.7 Å². The van der Waals surface area contributed by atoms with Crippen LogP contribution < -0.4 is 19.9 Å². The molecule has 0 radical (unpaired) electrons. The number of anilines is 1. The number of aryl methyl sites for hydroxylation is 1. The number of carbonyl (C=O) groups excluding carboxylic acids is 1. The third kappa shape index (κ3) is 3.54. The number of aromatic nitrogens is 3. The molecular weight excluding hydrogens is 379 g/mol. The minimum Gasteiger partial charge on any atom is -0.494 e. The Morgan fingerprint density at radius 2 is 2.00 bits per heavy atom. The summed E-state index contributed by atoms with van der Waals surface area (Å²) < 4.78 is 25.3. The molecule has 0 spiro atoms. The zero-order valence-electron chi connectivity index (χ0n) is 15.8. The highest BCUT2D eigenvalue weighted by Gasteiger charge is 2.30. The van der Waals surface area contributed by atoms with Crippen LogP contribution in [-0.2, 0) is 20.2 Å². The molecule has 2 aromatic heterocycles. The highest BCUT2D eigenvalue weighted by Crippen LogP contribution is 2.29. The van der Waals surface area contributed by atoms with Gasteiger partial charge in [0.2, 0.25) is 0 Å². The van der Waals surface area contributed by atoms with Crippen LogP contribution in [-0.4, -0.2) is 27.8 Å². The number of carbonyl (C=O) groups is 1. The number of rotatable bonds is 5. The van der Waals surface area contributed by atoms with Crippen LogP contribution in [0.5, 0.6) is 11.5 Å². The average Bonchev–Trinajstić information content (AvgIpc) is 3.05. The molecule has 0 atom stereocenters. The lowest BCUT2D eigenvalue weighted by Crippen LogP contribution is -2.28. The van der Waals surface area contributed by atoms with Gasteiger partial charge in [-0.15, -0.1) is 0 Å². The van der Waals surface area contributed by atoms with E-state index in [4.69, 9.17) is 9.47 Å². The summed E-state index contributed by atoms with van der Waals surface area (Å²) in [6.45, 7) is 0.439. The van der Waals surface area contributed by atoms with E-state index in [0.717, 1.165) is 11.8 Å². The van der Waals surface area contributed by atoms with Crippen LogP contribution in [0.25, 0.3) is 0 Å². The Hall–Kier alpha value is -3.75. The van der Waals surface area contributed by atoms with E-state index < -0.39 is 5.82 Å². The Morgan fingerprint density at radius 1 is 1.17 bits per heavy atom. The number of pyridine rings is 1. The fourth-order valence-corrected chi connectivity index (χ4v) is 3.06. The van der Waals surface area contributed by atoms with Crippen molar-refractivity contribution < 1.29 is 18.7 Å². The number of methoxy groups -OCH3 is 1. The van der Waals surface area contributed by atoms with E-state index >= 15 is 0 Å². The summed E-state index contributed by atoms with van der Waals surface area (Å²) in [4.78, 5) is 29.7. The number of amides is 1. The summed E-state index contributed by atoms with van der Waals surface area (Å²) in [5.41, 5.74) is 1.60. The van der Waals surface area contributed by atoms with E-state index in [1.165, 1.54) is 41.9 Å². The van der Waals surface area contributed by atoms with E-state index in [1.54, 1.807) is 18.2 Å². The van der Waals surface area contributed by atoms with E-state index in [1.807, 2.05) is 0 Å². The molecule has 1 aliphatic rings. The number of hydrogen-bond acceptors (Lipinski definition) is 6. The molecule has 3 aromatic rings. The van der Waals surface area contributed by atoms with Gasteiger partial charge in [-0.2, -0.15) is 5.10 Å². The van der Waals surface area contributed by atoms with Crippen LogP contribution in [0.4, 0.5) is 10.2 Å². The molecule has 0 fully saturated rings. The Balaban J connectivity index is 1.51. The van der Waals surface area contributed by atoms with Gasteiger partial charge in [0.25, 0.3) is 11.5 Å². The van der Waals surface area contributed by atoms with Gasteiger partial charge in [-0.05, 0) is 29.8 Å². The number of nitrogens with zero attached hydrogens (tertiary/aromatic N) is 4. The molecular formula is C20H17FN4O4. The molecule has 0 saturated carbocycles. The van der Waals surface area contributed by atoms with Crippen LogP contribution >= 0.6 is 0 Å². The van der Waals surface area contributed by atoms with Crippen LogP contribution in [0.3, 0.4) is 0 Å². The molecule has 0 N–H and O–H groups in total. The van der Waals surface area contributed by atoms with Crippen molar-refractivity contribution in [3.63, 3.8) is 0 Å². The minimum atomic E-state index is -0.542. The third-order valence-electron chi connectivity index (χ3n) is 4.59. The molecule has 1 aromatic carbocycles. The molecule has 0 unspecified atom stereocenters. The fourth-order valence-electron chi connectivity index (χ4n) is 3.06. The largest absolute Gasteiger partial charge is 0.494 e. The predicted molar refractivity (Wildman–Crippen MR) is 102 cm³/mol. The van der Waals surface area contributed by atoms with Crippen LogP contribution in [0.2, 0.25) is 0 Å². The molecule has 0 bridgehead atoms. The first-order valence-electron chi connectivity index (χ1n) is 8.76. The number of fused-ring (bicyclic) bond motifs is 1. The second-order valence-electron chi connectivity index (χ2n) is 6.46. The lowest BCUT2D eigenvalue weighted by Gasteiger charge is -2.14. The minimum absolute atomic E-state index is 0.0959. The highest BCUT2D eigenvalue weighted by atomic mass is 19.1. The quantitative estimate of drug-likeness (QED) is 0.656. The van der Waals surface area contributed by atoms with Gasteiger partial charge in [-0.1, -0.05) is 0 Å². The number of benzene rings is 1. The topological polar surface area (TPSA) is 86.5 Å². The summed E-state index contributed by atoms with van der Waals surface area (Å²) in [6, 6.07) is 9.52. The van der Waals surface area contributed by atoms with Crippen molar-refractivity contribution in [2.75, 3.05) is 12.0 Å². The summed E-state index contributed by atoms with van der Waals surface area (Å²) in [5, 5.41) is 4.14. The van der Waals surface area contributed by atoms with Crippen molar-refractivity contribution in [1.82, 2.24) is 14.8 Å². The van der Waals surface area contributed by atoms with Crippen molar-refractivity contribution in [1.29, 1.82) is 0 Å². The van der Waals surface area contributed by atoms with Crippen LogP contribution in [0.1, 0.15) is 21.6 Å². The molecule has 4 rings (SSSR count). The van der Waals surface area contributed by atoms with Gasteiger partial charge in [-0.25, -0.2) is 9.07 Å². The van der Waals surface area contributed by atoms with Gasteiger partial charge in [0.15, 0.2) is 17.4 Å². The first-order valence-corrected chi connectivity index (χ1v) is 8.76. The summed E-state index contributed by atoms with van der Waals surface area (Å²) in [7, 11) is 2.91. The molecule has 8 nitrogen and oxygen atoms in total. The molecule has 1 aliphatic heterocycles. The lowest BCUT2D eigenvalue weighted by molar-refractivity contribution is 0.0995. The normalized spacial score (nSPS) is 12.8. The van der Waals surface area contributed by atoms with Crippen LogP contribution in [0.15, 0.2) is 47.4 Å². The Kier molecular flexibility index (Phi) is 4.71. The zero-order chi connectivity index (χ0) is 20.5. The van der Waals surface area contributed by atoms with Gasteiger partial charge in [0, 0.05) is 24.7 Å². The highest BCUT2D eigenvalue weighted by molar-refractivity contribution is 6.09. The molecule has 0 saturated heterocycles. The molecule has 1 amide bonds. The van der Waals surface area contributed by atoms with Crippen molar-refractivity contribution in [3.8, 4) is 11.5 Å². The standard InChI is InChI=1S/C20H17FN4O4/c1-24-19(26)6-5-18(23-24)25-10-12-7-14(3-4-15(12)20(25)27)29-11-13-8-17(28-2)16(21)9-22-13/h3-9H,10-11H2,1-2H3. The third-order valence-corrected chi connectivity index (χ3v) is 4.59. The lowest BCUT2D eigenvalue weighted by atomic mass is 10.1. The second-order valence-corrected chi connectivity index (χ2v) is 6.46. The monoisotopic (exact) mass is 396 g/mol.